The first kappa shape index (κ1) is 15.6. The molecule has 0 spiro atoms. The summed E-state index contributed by atoms with van der Waals surface area (Å²) in [7, 11) is 0. The van der Waals surface area contributed by atoms with E-state index in [9.17, 15) is 9.59 Å². The number of hydrogen-bond acceptors (Lipinski definition) is 4. The number of nitrogens with one attached hydrogen (secondary N) is 1. The quantitative estimate of drug-likeness (QED) is 0.731. The van der Waals surface area contributed by atoms with E-state index in [1.807, 2.05) is 13.0 Å². The van der Waals surface area contributed by atoms with Gasteiger partial charge in [-0.2, -0.15) is 0 Å². The molecule has 1 atom stereocenters. The molecule has 6 heteroatoms. The molecule has 0 bridgehead atoms. The van der Waals surface area contributed by atoms with Gasteiger partial charge < -0.3 is 19.4 Å². The molecule has 0 radical (unpaired) electrons. The van der Waals surface area contributed by atoms with Crippen molar-refractivity contribution in [2.24, 2.45) is 5.92 Å². The zero-order valence-corrected chi connectivity index (χ0v) is 12.3. The Hall–Kier alpha value is -1.82. The second kappa shape index (κ2) is 7.83. The lowest BCUT2D eigenvalue weighted by Crippen LogP contribution is -2.33. The van der Waals surface area contributed by atoms with Crippen molar-refractivity contribution in [1.82, 2.24) is 10.2 Å². The minimum atomic E-state index is -0.264. The van der Waals surface area contributed by atoms with Crippen LogP contribution in [0.1, 0.15) is 25.5 Å². The highest BCUT2D eigenvalue weighted by Crippen LogP contribution is 2.20. The molecule has 0 unspecified atom stereocenters. The highest BCUT2D eigenvalue weighted by molar-refractivity contribution is 5.89. The maximum Gasteiger partial charge on any atom is 0.225 e. The molecule has 21 heavy (non-hydrogen) atoms. The topological polar surface area (TPSA) is 71.8 Å². The zero-order chi connectivity index (χ0) is 15.1. The van der Waals surface area contributed by atoms with Crippen LogP contribution >= 0.6 is 0 Å². The lowest BCUT2D eigenvalue weighted by atomic mass is 10.1. The number of amides is 2. The van der Waals surface area contributed by atoms with Crippen LogP contribution in [0.25, 0.3) is 0 Å². The van der Waals surface area contributed by atoms with Gasteiger partial charge in [-0.05, 0) is 25.5 Å². The minimum Gasteiger partial charge on any atom is -0.467 e. The van der Waals surface area contributed by atoms with Crippen LogP contribution in [-0.4, -0.2) is 43.0 Å². The number of hydrogen-bond donors (Lipinski definition) is 1. The van der Waals surface area contributed by atoms with E-state index in [2.05, 4.69) is 5.32 Å². The van der Waals surface area contributed by atoms with Crippen molar-refractivity contribution in [2.75, 3.05) is 26.3 Å². The summed E-state index contributed by atoms with van der Waals surface area (Å²) >= 11 is 0. The van der Waals surface area contributed by atoms with E-state index >= 15 is 0 Å². The highest BCUT2D eigenvalue weighted by atomic mass is 16.5. The van der Waals surface area contributed by atoms with E-state index in [-0.39, 0.29) is 24.2 Å². The van der Waals surface area contributed by atoms with Gasteiger partial charge in [0.1, 0.15) is 5.76 Å². The second-order valence-corrected chi connectivity index (χ2v) is 5.10. The van der Waals surface area contributed by atoms with Crippen LogP contribution in [0, 0.1) is 5.92 Å². The third kappa shape index (κ3) is 4.60. The molecule has 1 saturated heterocycles. The van der Waals surface area contributed by atoms with E-state index < -0.39 is 0 Å². The Morgan fingerprint density at radius 3 is 3.14 bits per heavy atom. The number of carbonyl (C=O) groups is 2. The summed E-state index contributed by atoms with van der Waals surface area (Å²) in [6.45, 7) is 4.74. The smallest absolute Gasteiger partial charge is 0.225 e. The number of likely N-dealkylation sites (tertiary alicyclic amines) is 1. The Morgan fingerprint density at radius 2 is 2.43 bits per heavy atom. The molecule has 1 N–H and O–H groups in total. The summed E-state index contributed by atoms with van der Waals surface area (Å²) in [5, 5.41) is 2.86. The first-order valence-corrected chi connectivity index (χ1v) is 7.36. The molecule has 2 heterocycles. The molecule has 2 rings (SSSR count). The van der Waals surface area contributed by atoms with Crippen LogP contribution in [0.15, 0.2) is 22.8 Å². The number of furan rings is 1. The van der Waals surface area contributed by atoms with E-state index in [1.54, 1.807) is 17.2 Å². The fourth-order valence-corrected chi connectivity index (χ4v) is 2.37. The maximum atomic E-state index is 12.0. The first-order valence-electron chi connectivity index (χ1n) is 7.36. The molecule has 1 aliphatic heterocycles. The van der Waals surface area contributed by atoms with Gasteiger partial charge in [-0.3, -0.25) is 9.59 Å². The van der Waals surface area contributed by atoms with E-state index in [1.165, 1.54) is 0 Å². The van der Waals surface area contributed by atoms with Crippen LogP contribution < -0.4 is 5.32 Å². The average molecular weight is 294 g/mol. The van der Waals surface area contributed by atoms with E-state index in [0.717, 1.165) is 12.2 Å². The summed E-state index contributed by atoms with van der Waals surface area (Å²) in [4.78, 5) is 25.6. The van der Waals surface area contributed by atoms with Gasteiger partial charge in [0, 0.05) is 32.7 Å². The second-order valence-electron chi connectivity index (χ2n) is 5.10. The number of carbonyl (C=O) groups excluding carboxylic acids is 2. The van der Waals surface area contributed by atoms with Gasteiger partial charge in [-0.1, -0.05) is 0 Å². The number of ether oxygens (including phenoxy) is 1. The molecule has 1 aliphatic rings. The fourth-order valence-electron chi connectivity index (χ4n) is 2.37. The Balaban J connectivity index is 1.72. The number of rotatable bonds is 8. The van der Waals surface area contributed by atoms with Gasteiger partial charge in [-0.25, -0.2) is 0 Å². The fraction of sp³-hybridized carbons (Fsp3) is 0.600. The third-order valence-corrected chi connectivity index (χ3v) is 3.48. The van der Waals surface area contributed by atoms with Crippen LogP contribution in [0.4, 0.5) is 0 Å². The van der Waals surface area contributed by atoms with Crippen LogP contribution in [0.2, 0.25) is 0 Å². The van der Waals surface area contributed by atoms with Gasteiger partial charge in [0.05, 0.1) is 18.7 Å². The molecule has 0 aliphatic carbocycles. The Labute approximate surface area is 124 Å². The SMILES string of the molecule is CCOCCCNC(=O)[C@H]1CC(=O)N(Cc2ccco2)C1. The van der Waals surface area contributed by atoms with Crippen LogP contribution in [-0.2, 0) is 20.9 Å². The predicted octanol–water partition coefficient (Wildman–Crippen LogP) is 1.17. The predicted molar refractivity (Wildman–Crippen MR) is 76.4 cm³/mol. The Morgan fingerprint density at radius 1 is 1.57 bits per heavy atom. The first-order chi connectivity index (χ1) is 10.2. The summed E-state index contributed by atoms with van der Waals surface area (Å²) in [6.07, 6.45) is 2.65. The molecule has 6 nitrogen and oxygen atoms in total. The molecular weight excluding hydrogens is 272 g/mol. The monoisotopic (exact) mass is 294 g/mol. The van der Waals surface area contributed by atoms with Gasteiger partial charge in [0.2, 0.25) is 11.8 Å². The van der Waals surface area contributed by atoms with E-state index in [4.69, 9.17) is 9.15 Å². The summed E-state index contributed by atoms with van der Waals surface area (Å²) in [5.74, 6) is 0.420. The standard InChI is InChI=1S/C15H22N2O4/c1-2-20-7-4-6-16-15(19)12-9-14(18)17(10-12)11-13-5-3-8-21-13/h3,5,8,12H,2,4,6-7,9-11H2,1H3,(H,16,19)/t12-/m0/s1. The Bertz CT molecular complexity index is 458. The van der Waals surface area contributed by atoms with E-state index in [0.29, 0.717) is 32.8 Å². The van der Waals surface area contributed by atoms with Crippen molar-refractivity contribution >= 4 is 11.8 Å². The maximum absolute atomic E-state index is 12.0. The highest BCUT2D eigenvalue weighted by Gasteiger charge is 2.34. The molecule has 1 aromatic heterocycles. The normalized spacial score (nSPS) is 18.2. The van der Waals surface area contributed by atoms with Gasteiger partial charge in [-0.15, -0.1) is 0 Å². The molecule has 116 valence electrons. The minimum absolute atomic E-state index is 0.000802. The third-order valence-electron chi connectivity index (χ3n) is 3.48. The molecule has 0 saturated carbocycles. The summed E-state index contributed by atoms with van der Waals surface area (Å²) < 4.78 is 10.4. The lowest BCUT2D eigenvalue weighted by molar-refractivity contribution is -0.129. The van der Waals surface area contributed by atoms with Gasteiger partial charge in [0.15, 0.2) is 0 Å². The van der Waals surface area contributed by atoms with Crippen LogP contribution in [0.3, 0.4) is 0 Å². The molecular formula is C15H22N2O4. The van der Waals surface area contributed by atoms with Crippen LogP contribution in [0.5, 0.6) is 0 Å². The van der Waals surface area contributed by atoms with Crippen molar-refractivity contribution in [2.45, 2.75) is 26.3 Å². The van der Waals surface area contributed by atoms with Crippen molar-refractivity contribution in [3.8, 4) is 0 Å². The van der Waals surface area contributed by atoms with Crippen molar-refractivity contribution in [3.05, 3.63) is 24.2 Å². The lowest BCUT2D eigenvalue weighted by Gasteiger charge is -2.15. The largest absolute Gasteiger partial charge is 0.467 e. The molecule has 0 aromatic carbocycles. The summed E-state index contributed by atoms with van der Waals surface area (Å²) in [6, 6.07) is 3.62. The number of nitrogens with zero attached hydrogens (tertiary/aromatic N) is 1. The molecule has 1 aromatic rings. The average Bonchev–Trinajstić information content (AvgIpc) is 3.10. The molecule has 1 fully saturated rings. The van der Waals surface area contributed by atoms with Crippen molar-refractivity contribution < 1.29 is 18.7 Å². The Kier molecular flexibility index (Phi) is 5.80. The van der Waals surface area contributed by atoms with Crippen molar-refractivity contribution in [1.29, 1.82) is 0 Å². The molecule has 2 amide bonds. The van der Waals surface area contributed by atoms with Gasteiger partial charge in [0.25, 0.3) is 0 Å². The van der Waals surface area contributed by atoms with Crippen molar-refractivity contribution in [3.63, 3.8) is 0 Å². The summed E-state index contributed by atoms with van der Waals surface area (Å²) in [5.41, 5.74) is 0. The van der Waals surface area contributed by atoms with Gasteiger partial charge >= 0.3 is 0 Å². The zero-order valence-electron chi connectivity index (χ0n) is 12.3.